The Hall–Kier alpha value is -2.59. The lowest BCUT2D eigenvalue weighted by atomic mass is 10.1. The number of carbonyl (C=O) groups is 1. The highest BCUT2D eigenvalue weighted by Crippen LogP contribution is 2.30. The van der Waals surface area contributed by atoms with Crippen molar-refractivity contribution >= 4 is 21.9 Å². The monoisotopic (exact) mass is 410 g/mol. The quantitative estimate of drug-likeness (QED) is 0.398. The van der Waals surface area contributed by atoms with Crippen LogP contribution in [-0.4, -0.2) is 12.6 Å². The number of carbonyl (C=O) groups excluding carboxylic acids is 1. The maximum Gasteiger partial charge on any atom is 0.349 e. The van der Waals surface area contributed by atoms with Gasteiger partial charge in [-0.3, -0.25) is 0 Å². The second kappa shape index (κ2) is 8.19. The molecular weight excluding hydrogens is 392 g/mol. The predicted octanol–water partition coefficient (Wildman–Crippen LogP) is 5.72. The summed E-state index contributed by atoms with van der Waals surface area (Å²) in [6.45, 7) is 3.71. The molecule has 0 spiro atoms. The van der Waals surface area contributed by atoms with Crippen molar-refractivity contribution in [3.05, 3.63) is 82.3 Å². The van der Waals surface area contributed by atoms with Crippen molar-refractivity contribution in [2.24, 2.45) is 0 Å². The Kier molecular flexibility index (Phi) is 5.74. The van der Waals surface area contributed by atoms with E-state index in [0.29, 0.717) is 11.5 Å². The minimum Gasteiger partial charge on any atom is -0.481 e. The van der Waals surface area contributed by atoms with Crippen LogP contribution in [-0.2, 0) is 4.79 Å². The normalized spacial score (nSPS) is 10.4. The lowest BCUT2D eigenvalue weighted by molar-refractivity contribution is -0.136. The molecule has 3 aromatic carbocycles. The number of halogens is 1. The van der Waals surface area contributed by atoms with Crippen LogP contribution in [0.25, 0.3) is 11.1 Å². The molecule has 0 saturated heterocycles. The summed E-state index contributed by atoms with van der Waals surface area (Å²) >= 11 is 3.51. The zero-order chi connectivity index (χ0) is 18.5. The first-order valence-corrected chi connectivity index (χ1v) is 9.08. The molecule has 0 aliphatic heterocycles. The molecule has 0 aromatic heterocycles. The largest absolute Gasteiger partial charge is 0.481 e. The maximum atomic E-state index is 12.1. The number of aryl methyl sites for hydroxylation is 2. The third-order valence-corrected chi connectivity index (χ3v) is 4.57. The maximum absolute atomic E-state index is 12.1. The molecule has 3 rings (SSSR count). The summed E-state index contributed by atoms with van der Waals surface area (Å²) in [4.78, 5) is 12.1. The van der Waals surface area contributed by atoms with E-state index >= 15 is 0 Å². The lowest BCUT2D eigenvalue weighted by Crippen LogP contribution is -2.18. The van der Waals surface area contributed by atoms with Crippen LogP contribution in [0.4, 0.5) is 0 Å². The van der Waals surface area contributed by atoms with Crippen molar-refractivity contribution in [2.75, 3.05) is 6.61 Å². The molecule has 0 fully saturated rings. The van der Waals surface area contributed by atoms with Crippen LogP contribution < -0.4 is 9.47 Å². The zero-order valence-corrected chi connectivity index (χ0v) is 16.2. The van der Waals surface area contributed by atoms with E-state index < -0.39 is 5.97 Å². The minimum atomic E-state index is -0.433. The van der Waals surface area contributed by atoms with Crippen LogP contribution in [0.15, 0.2) is 71.2 Å². The fourth-order valence-corrected chi connectivity index (χ4v) is 3.03. The van der Waals surface area contributed by atoms with Gasteiger partial charge >= 0.3 is 5.97 Å². The number of rotatable bonds is 5. The van der Waals surface area contributed by atoms with Gasteiger partial charge in [-0.1, -0.05) is 48.5 Å². The zero-order valence-electron chi connectivity index (χ0n) is 14.7. The van der Waals surface area contributed by atoms with Gasteiger partial charge < -0.3 is 9.47 Å². The van der Waals surface area contributed by atoms with Gasteiger partial charge in [-0.2, -0.15) is 0 Å². The van der Waals surface area contributed by atoms with Crippen molar-refractivity contribution in [1.29, 1.82) is 0 Å². The van der Waals surface area contributed by atoms with Gasteiger partial charge in [0.2, 0.25) is 0 Å². The number of esters is 1. The summed E-state index contributed by atoms with van der Waals surface area (Å²) < 4.78 is 11.8. The van der Waals surface area contributed by atoms with Gasteiger partial charge in [0.25, 0.3) is 0 Å². The van der Waals surface area contributed by atoms with Crippen LogP contribution >= 0.6 is 15.9 Å². The summed E-state index contributed by atoms with van der Waals surface area (Å²) in [5.74, 6) is 0.734. The van der Waals surface area contributed by atoms with Gasteiger partial charge in [0, 0.05) is 0 Å². The van der Waals surface area contributed by atoms with E-state index in [2.05, 4.69) is 15.9 Å². The van der Waals surface area contributed by atoms with E-state index in [9.17, 15) is 4.79 Å². The summed E-state index contributed by atoms with van der Waals surface area (Å²) in [6, 6.07) is 21.6. The minimum absolute atomic E-state index is 0.156. The Morgan fingerprint density at radius 2 is 1.65 bits per heavy atom. The fraction of sp³-hybridized carbons (Fsp3) is 0.136. The molecule has 0 atom stereocenters. The third-order valence-electron chi connectivity index (χ3n) is 3.95. The fourth-order valence-electron chi connectivity index (χ4n) is 2.53. The van der Waals surface area contributed by atoms with Gasteiger partial charge in [-0.25, -0.2) is 4.79 Å². The molecular formula is C22H19BrO3. The molecule has 132 valence electrons. The van der Waals surface area contributed by atoms with Crippen LogP contribution in [0.5, 0.6) is 11.5 Å². The van der Waals surface area contributed by atoms with E-state index in [1.807, 2.05) is 80.6 Å². The smallest absolute Gasteiger partial charge is 0.349 e. The highest BCUT2D eigenvalue weighted by molar-refractivity contribution is 9.10. The second-order valence-electron chi connectivity index (χ2n) is 6.04. The molecule has 0 N–H and O–H groups in total. The molecule has 0 unspecified atom stereocenters. The lowest BCUT2D eigenvalue weighted by Gasteiger charge is -2.11. The highest BCUT2D eigenvalue weighted by Gasteiger charge is 2.11. The SMILES string of the molecule is Cc1ccc(C)c(OC(=O)COc2ccc(-c3ccccc3)cc2Br)c1. The molecule has 0 amide bonds. The summed E-state index contributed by atoms with van der Waals surface area (Å²) in [5.41, 5.74) is 4.15. The van der Waals surface area contributed by atoms with Crippen LogP contribution in [0, 0.1) is 13.8 Å². The number of hydrogen-bond acceptors (Lipinski definition) is 3. The average Bonchev–Trinajstić information content (AvgIpc) is 2.64. The molecule has 0 heterocycles. The predicted molar refractivity (Wildman–Crippen MR) is 107 cm³/mol. The summed E-state index contributed by atoms with van der Waals surface area (Å²) in [7, 11) is 0. The highest BCUT2D eigenvalue weighted by atomic mass is 79.9. The van der Waals surface area contributed by atoms with Gasteiger partial charge in [-0.15, -0.1) is 0 Å². The van der Waals surface area contributed by atoms with E-state index in [1.54, 1.807) is 0 Å². The third kappa shape index (κ3) is 4.52. The molecule has 3 aromatic rings. The van der Waals surface area contributed by atoms with Gasteiger partial charge in [0.15, 0.2) is 6.61 Å². The molecule has 0 radical (unpaired) electrons. The Bertz CT molecular complexity index is 920. The Balaban J connectivity index is 1.64. The van der Waals surface area contributed by atoms with E-state index in [4.69, 9.17) is 9.47 Å². The van der Waals surface area contributed by atoms with E-state index in [0.717, 1.165) is 26.7 Å². The first-order valence-electron chi connectivity index (χ1n) is 8.28. The summed E-state index contributed by atoms with van der Waals surface area (Å²) in [6.07, 6.45) is 0. The van der Waals surface area contributed by atoms with Crippen molar-refractivity contribution in [3.63, 3.8) is 0 Å². The van der Waals surface area contributed by atoms with Crippen LogP contribution in [0.2, 0.25) is 0 Å². The number of benzene rings is 3. The number of hydrogen-bond donors (Lipinski definition) is 0. The molecule has 4 heteroatoms. The molecule has 0 saturated carbocycles. The number of ether oxygens (including phenoxy) is 2. The molecule has 3 nitrogen and oxygen atoms in total. The second-order valence-corrected chi connectivity index (χ2v) is 6.90. The Labute approximate surface area is 161 Å². The Morgan fingerprint density at radius 3 is 2.38 bits per heavy atom. The van der Waals surface area contributed by atoms with Gasteiger partial charge in [-0.05, 0) is 70.2 Å². The van der Waals surface area contributed by atoms with Gasteiger partial charge in [0.1, 0.15) is 11.5 Å². The first kappa shape index (κ1) is 18.2. The molecule has 0 aliphatic rings. The standard InChI is InChI=1S/C22H19BrO3/c1-15-8-9-16(2)21(12-15)26-22(24)14-25-20-11-10-18(13-19(20)23)17-6-4-3-5-7-17/h3-13H,14H2,1-2H3. The van der Waals surface area contributed by atoms with Crippen molar-refractivity contribution < 1.29 is 14.3 Å². The van der Waals surface area contributed by atoms with Crippen molar-refractivity contribution in [2.45, 2.75) is 13.8 Å². The molecule has 26 heavy (non-hydrogen) atoms. The van der Waals surface area contributed by atoms with Crippen LogP contribution in [0.1, 0.15) is 11.1 Å². The van der Waals surface area contributed by atoms with E-state index in [-0.39, 0.29) is 6.61 Å². The van der Waals surface area contributed by atoms with Crippen molar-refractivity contribution in [3.8, 4) is 22.6 Å². The van der Waals surface area contributed by atoms with Gasteiger partial charge in [0.05, 0.1) is 4.47 Å². The van der Waals surface area contributed by atoms with E-state index in [1.165, 1.54) is 0 Å². The molecule has 0 aliphatic carbocycles. The Morgan fingerprint density at radius 1 is 0.885 bits per heavy atom. The average molecular weight is 411 g/mol. The molecule has 0 bridgehead atoms. The van der Waals surface area contributed by atoms with Crippen molar-refractivity contribution in [1.82, 2.24) is 0 Å². The summed E-state index contributed by atoms with van der Waals surface area (Å²) in [5, 5.41) is 0. The first-order chi connectivity index (χ1) is 12.5. The van der Waals surface area contributed by atoms with Crippen LogP contribution in [0.3, 0.4) is 0 Å². The topological polar surface area (TPSA) is 35.5 Å².